The van der Waals surface area contributed by atoms with Crippen LogP contribution in [-0.4, -0.2) is 62.0 Å². The Hall–Kier alpha value is -0.160. The standard InChI is InChI=1S/C11H26N2O2/c1-10(2)12-11(3,9-14)8-13(4)6-7-15-5/h10,12,14H,6-9H2,1-5H3. The van der Waals surface area contributed by atoms with Crippen LogP contribution in [0, 0.1) is 0 Å². The Labute approximate surface area is 93.6 Å². The topological polar surface area (TPSA) is 44.7 Å². The Morgan fingerprint density at radius 3 is 2.47 bits per heavy atom. The van der Waals surface area contributed by atoms with Crippen molar-refractivity contribution in [2.45, 2.75) is 32.4 Å². The van der Waals surface area contributed by atoms with Crippen molar-refractivity contribution >= 4 is 0 Å². The number of aliphatic hydroxyl groups excluding tert-OH is 1. The first kappa shape index (κ1) is 14.8. The quantitative estimate of drug-likeness (QED) is 0.615. The molecule has 0 saturated heterocycles. The van der Waals surface area contributed by atoms with E-state index in [9.17, 15) is 5.11 Å². The van der Waals surface area contributed by atoms with Crippen molar-refractivity contribution in [3.05, 3.63) is 0 Å². The monoisotopic (exact) mass is 218 g/mol. The molecule has 0 rings (SSSR count). The zero-order valence-electron chi connectivity index (χ0n) is 10.7. The highest BCUT2D eigenvalue weighted by molar-refractivity contribution is 4.86. The zero-order valence-corrected chi connectivity index (χ0v) is 10.7. The number of nitrogens with zero attached hydrogens (tertiary/aromatic N) is 1. The lowest BCUT2D eigenvalue weighted by molar-refractivity contribution is 0.104. The molecule has 0 bridgehead atoms. The van der Waals surface area contributed by atoms with Crippen molar-refractivity contribution in [1.82, 2.24) is 10.2 Å². The van der Waals surface area contributed by atoms with E-state index >= 15 is 0 Å². The molecule has 0 aliphatic carbocycles. The SMILES string of the molecule is COCCN(C)CC(C)(CO)NC(C)C. The number of aliphatic hydroxyl groups is 1. The molecule has 0 spiro atoms. The number of methoxy groups -OCH3 is 1. The molecule has 0 amide bonds. The van der Waals surface area contributed by atoms with E-state index in [1.165, 1.54) is 0 Å². The minimum atomic E-state index is -0.239. The van der Waals surface area contributed by atoms with Crippen LogP contribution >= 0.6 is 0 Å². The van der Waals surface area contributed by atoms with Crippen LogP contribution in [0.2, 0.25) is 0 Å². The highest BCUT2D eigenvalue weighted by Crippen LogP contribution is 2.06. The maximum atomic E-state index is 9.39. The summed E-state index contributed by atoms with van der Waals surface area (Å²) in [4.78, 5) is 2.16. The summed E-state index contributed by atoms with van der Waals surface area (Å²) < 4.78 is 5.02. The fourth-order valence-corrected chi connectivity index (χ4v) is 1.76. The normalized spacial score (nSPS) is 16.0. The second kappa shape index (κ2) is 7.17. The van der Waals surface area contributed by atoms with Crippen LogP contribution < -0.4 is 5.32 Å². The summed E-state index contributed by atoms with van der Waals surface area (Å²) in [5.74, 6) is 0. The first-order valence-corrected chi connectivity index (χ1v) is 5.49. The molecule has 0 fully saturated rings. The van der Waals surface area contributed by atoms with Crippen LogP contribution in [0.5, 0.6) is 0 Å². The smallest absolute Gasteiger partial charge is 0.0623 e. The van der Waals surface area contributed by atoms with Gasteiger partial charge in [0.15, 0.2) is 0 Å². The molecule has 92 valence electrons. The first-order valence-electron chi connectivity index (χ1n) is 5.49. The van der Waals surface area contributed by atoms with E-state index in [0.29, 0.717) is 6.04 Å². The third-order valence-corrected chi connectivity index (χ3v) is 2.28. The fourth-order valence-electron chi connectivity index (χ4n) is 1.76. The largest absolute Gasteiger partial charge is 0.394 e. The van der Waals surface area contributed by atoms with Crippen LogP contribution in [0.3, 0.4) is 0 Å². The summed E-state index contributed by atoms with van der Waals surface area (Å²) in [6.45, 7) is 8.77. The van der Waals surface area contributed by atoms with Gasteiger partial charge in [-0.15, -0.1) is 0 Å². The molecule has 0 aliphatic rings. The third-order valence-electron chi connectivity index (χ3n) is 2.28. The summed E-state index contributed by atoms with van der Waals surface area (Å²) in [5, 5.41) is 12.8. The molecule has 4 heteroatoms. The van der Waals surface area contributed by atoms with Crippen LogP contribution in [0.4, 0.5) is 0 Å². The Morgan fingerprint density at radius 1 is 1.47 bits per heavy atom. The lowest BCUT2D eigenvalue weighted by atomic mass is 10.0. The second-order valence-corrected chi connectivity index (χ2v) is 4.75. The molecule has 1 unspecified atom stereocenters. The molecule has 2 N–H and O–H groups in total. The van der Waals surface area contributed by atoms with Gasteiger partial charge in [0.1, 0.15) is 0 Å². The molecule has 0 aromatic rings. The number of nitrogens with one attached hydrogen (secondary N) is 1. The van der Waals surface area contributed by atoms with Gasteiger partial charge in [0.2, 0.25) is 0 Å². The zero-order chi connectivity index (χ0) is 11.9. The van der Waals surface area contributed by atoms with E-state index in [0.717, 1.165) is 19.7 Å². The Balaban J connectivity index is 4.05. The van der Waals surface area contributed by atoms with E-state index in [1.54, 1.807) is 7.11 Å². The van der Waals surface area contributed by atoms with Crippen LogP contribution in [0.25, 0.3) is 0 Å². The predicted octanol–water partition coefficient (Wildman–Crippen LogP) is 0.314. The van der Waals surface area contributed by atoms with Gasteiger partial charge in [0.05, 0.1) is 18.8 Å². The lowest BCUT2D eigenvalue weighted by Gasteiger charge is -2.35. The second-order valence-electron chi connectivity index (χ2n) is 4.75. The number of hydrogen-bond acceptors (Lipinski definition) is 4. The highest BCUT2D eigenvalue weighted by Gasteiger charge is 2.25. The lowest BCUT2D eigenvalue weighted by Crippen LogP contribution is -2.55. The van der Waals surface area contributed by atoms with Crippen molar-refractivity contribution < 1.29 is 9.84 Å². The van der Waals surface area contributed by atoms with E-state index in [-0.39, 0.29) is 12.1 Å². The van der Waals surface area contributed by atoms with Gasteiger partial charge in [0.25, 0.3) is 0 Å². The van der Waals surface area contributed by atoms with Crippen molar-refractivity contribution in [3.63, 3.8) is 0 Å². The van der Waals surface area contributed by atoms with Gasteiger partial charge in [-0.05, 0) is 14.0 Å². The Morgan fingerprint density at radius 2 is 2.07 bits per heavy atom. The number of ether oxygens (including phenoxy) is 1. The molecule has 0 radical (unpaired) electrons. The van der Waals surface area contributed by atoms with E-state index < -0.39 is 0 Å². The summed E-state index contributed by atoms with van der Waals surface area (Å²) in [6.07, 6.45) is 0. The summed E-state index contributed by atoms with van der Waals surface area (Å²) in [5.41, 5.74) is -0.239. The Bertz CT molecular complexity index is 165. The van der Waals surface area contributed by atoms with Gasteiger partial charge < -0.3 is 20.1 Å². The van der Waals surface area contributed by atoms with Gasteiger partial charge in [0, 0.05) is 26.2 Å². The molecular weight excluding hydrogens is 192 g/mol. The average molecular weight is 218 g/mol. The van der Waals surface area contributed by atoms with Crippen LogP contribution in [0.1, 0.15) is 20.8 Å². The maximum absolute atomic E-state index is 9.39. The van der Waals surface area contributed by atoms with Crippen molar-refractivity contribution in [3.8, 4) is 0 Å². The van der Waals surface area contributed by atoms with E-state index in [4.69, 9.17) is 4.74 Å². The fraction of sp³-hybridized carbons (Fsp3) is 1.00. The molecule has 0 aromatic heterocycles. The van der Waals surface area contributed by atoms with Crippen molar-refractivity contribution in [2.24, 2.45) is 0 Å². The molecule has 0 saturated carbocycles. The molecule has 0 aromatic carbocycles. The average Bonchev–Trinajstić information content (AvgIpc) is 2.13. The van der Waals surface area contributed by atoms with Crippen molar-refractivity contribution in [2.75, 3.05) is 40.5 Å². The van der Waals surface area contributed by atoms with Crippen LogP contribution in [-0.2, 0) is 4.74 Å². The summed E-state index contributed by atoms with van der Waals surface area (Å²) in [6, 6.07) is 0.373. The molecule has 1 atom stereocenters. The van der Waals surface area contributed by atoms with Gasteiger partial charge in [-0.3, -0.25) is 0 Å². The maximum Gasteiger partial charge on any atom is 0.0623 e. The van der Waals surface area contributed by atoms with Gasteiger partial charge in [-0.2, -0.15) is 0 Å². The molecule has 0 heterocycles. The van der Waals surface area contributed by atoms with E-state index in [2.05, 4.69) is 24.1 Å². The van der Waals surface area contributed by atoms with E-state index in [1.807, 2.05) is 14.0 Å². The Kier molecular flexibility index (Phi) is 7.09. The number of rotatable bonds is 8. The number of hydrogen-bond donors (Lipinski definition) is 2. The number of likely N-dealkylation sites (N-methyl/N-ethyl adjacent to an activating group) is 1. The van der Waals surface area contributed by atoms with Crippen molar-refractivity contribution in [1.29, 1.82) is 0 Å². The first-order chi connectivity index (χ1) is 6.93. The summed E-state index contributed by atoms with van der Waals surface area (Å²) in [7, 11) is 3.74. The van der Waals surface area contributed by atoms with Crippen LogP contribution in [0.15, 0.2) is 0 Å². The minimum Gasteiger partial charge on any atom is -0.394 e. The highest BCUT2D eigenvalue weighted by atomic mass is 16.5. The molecular formula is C11H26N2O2. The molecule has 0 aliphatic heterocycles. The summed E-state index contributed by atoms with van der Waals surface area (Å²) >= 11 is 0. The van der Waals surface area contributed by atoms with Gasteiger partial charge in [-0.25, -0.2) is 0 Å². The molecule has 15 heavy (non-hydrogen) atoms. The van der Waals surface area contributed by atoms with Gasteiger partial charge in [-0.1, -0.05) is 13.8 Å². The molecule has 4 nitrogen and oxygen atoms in total. The predicted molar refractivity (Wildman–Crippen MR) is 63.1 cm³/mol. The van der Waals surface area contributed by atoms with Gasteiger partial charge >= 0.3 is 0 Å². The minimum absolute atomic E-state index is 0.141. The third kappa shape index (κ3) is 6.84.